The first-order chi connectivity index (χ1) is 16.6. The third-order valence-electron chi connectivity index (χ3n) is 7.97. The molecule has 1 aliphatic carbocycles. The Labute approximate surface area is 202 Å². The average molecular weight is 452 g/mol. The monoisotopic (exact) mass is 451 g/mol. The zero-order chi connectivity index (χ0) is 23.5. The van der Waals surface area contributed by atoms with E-state index in [-0.39, 0.29) is 17.8 Å². The van der Waals surface area contributed by atoms with Gasteiger partial charge in [-0.15, -0.1) is 0 Å². The van der Waals surface area contributed by atoms with Gasteiger partial charge in [0, 0.05) is 18.5 Å². The number of likely N-dealkylation sites (tertiary alicyclic amines) is 1. The van der Waals surface area contributed by atoms with Crippen molar-refractivity contribution in [1.29, 1.82) is 0 Å². The smallest absolute Gasteiger partial charge is 0.307 e. The van der Waals surface area contributed by atoms with Crippen molar-refractivity contribution < 1.29 is 9.90 Å². The highest BCUT2D eigenvalue weighted by Crippen LogP contribution is 2.46. The SMILES string of the molecule is C=C(C(c1ccccc1)c1ccccc1)C1CC(N2CC[C@H](c3ccccc3)C2)C[C@H]1C(=O)O. The Bertz CT molecular complexity index is 1070. The number of benzene rings is 3. The van der Waals surface area contributed by atoms with Crippen LogP contribution in [-0.4, -0.2) is 35.1 Å². The minimum absolute atomic E-state index is 0.00338. The quantitative estimate of drug-likeness (QED) is 0.426. The van der Waals surface area contributed by atoms with Crippen LogP contribution in [0.25, 0.3) is 0 Å². The molecule has 5 rings (SSSR count). The number of rotatable bonds is 7. The molecule has 3 aromatic rings. The molecule has 2 aliphatic rings. The normalized spacial score (nSPS) is 25.0. The van der Waals surface area contributed by atoms with Crippen LogP contribution in [0.1, 0.15) is 47.8 Å². The molecule has 1 heterocycles. The zero-order valence-corrected chi connectivity index (χ0v) is 19.6. The van der Waals surface area contributed by atoms with Crippen molar-refractivity contribution in [1.82, 2.24) is 4.90 Å². The van der Waals surface area contributed by atoms with Gasteiger partial charge in [-0.05, 0) is 54.3 Å². The minimum Gasteiger partial charge on any atom is -0.481 e. The van der Waals surface area contributed by atoms with Crippen LogP contribution in [0, 0.1) is 11.8 Å². The highest BCUT2D eigenvalue weighted by molar-refractivity contribution is 5.72. The molecule has 0 amide bonds. The van der Waals surface area contributed by atoms with Crippen LogP contribution in [-0.2, 0) is 4.79 Å². The van der Waals surface area contributed by atoms with Crippen molar-refractivity contribution in [3.8, 4) is 0 Å². The summed E-state index contributed by atoms with van der Waals surface area (Å²) in [5.74, 6) is -0.573. The van der Waals surface area contributed by atoms with Crippen molar-refractivity contribution in [2.24, 2.45) is 11.8 Å². The predicted molar refractivity (Wildman–Crippen MR) is 137 cm³/mol. The maximum atomic E-state index is 12.4. The molecule has 0 radical (unpaired) electrons. The first-order valence-electron chi connectivity index (χ1n) is 12.4. The molecule has 3 heteroatoms. The summed E-state index contributed by atoms with van der Waals surface area (Å²) in [7, 11) is 0. The van der Waals surface area contributed by atoms with E-state index in [0.29, 0.717) is 18.4 Å². The fourth-order valence-electron chi connectivity index (χ4n) is 6.23. The summed E-state index contributed by atoms with van der Waals surface area (Å²) in [6, 6.07) is 31.8. The van der Waals surface area contributed by atoms with Gasteiger partial charge < -0.3 is 5.11 Å². The fourth-order valence-corrected chi connectivity index (χ4v) is 6.23. The number of carbonyl (C=O) groups is 1. The van der Waals surface area contributed by atoms with Crippen molar-refractivity contribution in [3.05, 3.63) is 120 Å². The Balaban J connectivity index is 1.38. The molecule has 1 aliphatic heterocycles. The summed E-state index contributed by atoms with van der Waals surface area (Å²) in [5, 5.41) is 10.2. The van der Waals surface area contributed by atoms with Crippen molar-refractivity contribution in [2.75, 3.05) is 13.1 Å². The average Bonchev–Trinajstić information content (AvgIpc) is 3.54. The predicted octanol–water partition coefficient (Wildman–Crippen LogP) is 6.34. The van der Waals surface area contributed by atoms with E-state index in [2.05, 4.69) is 90.3 Å². The molecule has 2 unspecified atom stereocenters. The molecule has 1 N–H and O–H groups in total. The van der Waals surface area contributed by atoms with Crippen molar-refractivity contribution >= 4 is 5.97 Å². The summed E-state index contributed by atoms with van der Waals surface area (Å²) in [4.78, 5) is 14.9. The van der Waals surface area contributed by atoms with E-state index in [9.17, 15) is 9.90 Å². The molecule has 0 aromatic heterocycles. The van der Waals surface area contributed by atoms with E-state index in [1.807, 2.05) is 12.1 Å². The van der Waals surface area contributed by atoms with Crippen LogP contribution in [0.5, 0.6) is 0 Å². The number of hydrogen-bond acceptors (Lipinski definition) is 2. The summed E-state index contributed by atoms with van der Waals surface area (Å²) in [6.07, 6.45) is 2.71. The molecule has 1 saturated heterocycles. The first kappa shape index (κ1) is 22.6. The number of nitrogens with zero attached hydrogens (tertiary/aromatic N) is 1. The number of hydrogen-bond donors (Lipinski definition) is 1. The maximum Gasteiger partial charge on any atom is 0.307 e. The fraction of sp³-hybridized carbons (Fsp3) is 0.323. The molecule has 4 atom stereocenters. The maximum absolute atomic E-state index is 12.4. The second kappa shape index (κ2) is 9.99. The van der Waals surface area contributed by atoms with Gasteiger partial charge in [0.1, 0.15) is 0 Å². The molecular formula is C31H33NO2. The Morgan fingerprint density at radius 1 is 0.824 bits per heavy atom. The lowest BCUT2D eigenvalue weighted by molar-refractivity contribution is -0.142. The largest absolute Gasteiger partial charge is 0.481 e. The third kappa shape index (κ3) is 4.58. The topological polar surface area (TPSA) is 40.5 Å². The minimum atomic E-state index is -0.688. The van der Waals surface area contributed by atoms with E-state index in [4.69, 9.17) is 0 Å². The Kier molecular flexibility index (Phi) is 6.64. The molecular weight excluding hydrogens is 418 g/mol. The van der Waals surface area contributed by atoms with Gasteiger partial charge in [-0.25, -0.2) is 0 Å². The van der Waals surface area contributed by atoms with Crippen LogP contribution in [0.3, 0.4) is 0 Å². The van der Waals surface area contributed by atoms with Gasteiger partial charge in [0.25, 0.3) is 0 Å². The highest BCUT2D eigenvalue weighted by atomic mass is 16.4. The molecule has 1 saturated carbocycles. The third-order valence-corrected chi connectivity index (χ3v) is 7.97. The Morgan fingerprint density at radius 2 is 1.35 bits per heavy atom. The number of aliphatic carboxylic acids is 1. The van der Waals surface area contributed by atoms with Crippen LogP contribution < -0.4 is 0 Å². The zero-order valence-electron chi connectivity index (χ0n) is 19.6. The van der Waals surface area contributed by atoms with Gasteiger partial charge >= 0.3 is 5.97 Å². The molecule has 174 valence electrons. The van der Waals surface area contributed by atoms with E-state index < -0.39 is 5.97 Å². The molecule has 2 fully saturated rings. The lowest BCUT2D eigenvalue weighted by atomic mass is 9.76. The summed E-state index contributed by atoms with van der Waals surface area (Å²) in [6.45, 7) is 6.62. The Hall–Kier alpha value is -3.17. The van der Waals surface area contributed by atoms with Crippen LogP contribution in [0.2, 0.25) is 0 Å². The summed E-state index contributed by atoms with van der Waals surface area (Å²) in [5.41, 5.74) is 4.78. The van der Waals surface area contributed by atoms with Crippen LogP contribution in [0.15, 0.2) is 103 Å². The number of carboxylic acids is 1. The highest BCUT2D eigenvalue weighted by Gasteiger charge is 2.45. The van der Waals surface area contributed by atoms with Gasteiger partial charge in [0.2, 0.25) is 0 Å². The van der Waals surface area contributed by atoms with Gasteiger partial charge in [-0.1, -0.05) is 103 Å². The first-order valence-corrected chi connectivity index (χ1v) is 12.4. The second-order valence-corrected chi connectivity index (χ2v) is 9.90. The van der Waals surface area contributed by atoms with E-state index >= 15 is 0 Å². The molecule has 0 bridgehead atoms. The number of carboxylic acid groups (broad SMARTS) is 1. The van der Waals surface area contributed by atoms with Crippen LogP contribution >= 0.6 is 0 Å². The van der Waals surface area contributed by atoms with Gasteiger partial charge in [-0.3, -0.25) is 9.69 Å². The Morgan fingerprint density at radius 3 is 1.91 bits per heavy atom. The molecule has 3 aromatic carbocycles. The summed E-state index contributed by atoms with van der Waals surface area (Å²) >= 11 is 0. The lowest BCUT2D eigenvalue weighted by Crippen LogP contribution is -2.31. The second-order valence-electron chi connectivity index (χ2n) is 9.90. The standard InChI is InChI=1S/C31H33NO2/c1-22(30(24-13-7-3-8-14-24)25-15-9-4-10-16-25)28-19-27(20-29(28)31(33)34)32-18-17-26(21-32)23-11-5-2-6-12-23/h2-16,26-30H,1,17-21H2,(H,33,34)/t26-,27?,28?,29+/m0/s1. The lowest BCUT2D eigenvalue weighted by Gasteiger charge is -2.28. The molecule has 0 spiro atoms. The molecule has 3 nitrogen and oxygen atoms in total. The number of allylic oxidation sites excluding steroid dienone is 1. The summed E-state index contributed by atoms with van der Waals surface area (Å²) < 4.78 is 0. The molecule has 34 heavy (non-hydrogen) atoms. The van der Waals surface area contributed by atoms with Gasteiger partial charge in [-0.2, -0.15) is 0 Å². The van der Waals surface area contributed by atoms with E-state index in [1.54, 1.807) is 0 Å². The van der Waals surface area contributed by atoms with Gasteiger partial charge in [0.05, 0.1) is 5.92 Å². The van der Waals surface area contributed by atoms with Crippen molar-refractivity contribution in [2.45, 2.75) is 37.1 Å². The van der Waals surface area contributed by atoms with E-state index in [0.717, 1.165) is 31.5 Å². The van der Waals surface area contributed by atoms with Crippen LogP contribution in [0.4, 0.5) is 0 Å². The van der Waals surface area contributed by atoms with Gasteiger partial charge in [0.15, 0.2) is 0 Å². The van der Waals surface area contributed by atoms with E-state index in [1.165, 1.54) is 16.7 Å². The van der Waals surface area contributed by atoms with Crippen molar-refractivity contribution in [3.63, 3.8) is 0 Å².